The monoisotopic (exact) mass is 309 g/mol. The van der Waals surface area contributed by atoms with E-state index in [-0.39, 0.29) is 5.69 Å². The summed E-state index contributed by atoms with van der Waals surface area (Å²) in [5.41, 5.74) is 3.00. The van der Waals surface area contributed by atoms with Crippen molar-refractivity contribution in [1.29, 1.82) is 0 Å². The molecular formula is C12H22BF2NO5. The Hall–Kier alpha value is -1.26. The Morgan fingerprint density at radius 2 is 1.29 bits per heavy atom. The molecule has 0 unspecified atom stereocenters. The fourth-order valence-corrected chi connectivity index (χ4v) is 0.502. The summed E-state index contributed by atoms with van der Waals surface area (Å²) in [5, 5.41) is 39.7. The Labute approximate surface area is 122 Å². The Morgan fingerprint density at radius 3 is 1.48 bits per heavy atom. The average molecular weight is 309 g/mol. The summed E-state index contributed by atoms with van der Waals surface area (Å²) < 4.78 is 24.3. The number of rotatable bonds is 1. The van der Waals surface area contributed by atoms with E-state index in [4.69, 9.17) is 31.0 Å². The smallest absolute Gasteiger partial charge is 0.402 e. The minimum atomic E-state index is -2.17. The highest BCUT2D eigenvalue weighted by molar-refractivity contribution is 6.30. The predicted molar refractivity (Wildman–Crippen MR) is 75.8 cm³/mol. The molecule has 122 valence electrons. The van der Waals surface area contributed by atoms with Gasteiger partial charge >= 0.3 is 7.32 Å². The van der Waals surface area contributed by atoms with E-state index in [9.17, 15) is 8.78 Å². The van der Waals surface area contributed by atoms with Crippen LogP contribution in [-0.4, -0.2) is 43.8 Å². The molecule has 0 aromatic heterocycles. The van der Waals surface area contributed by atoms with E-state index in [1.165, 1.54) is 6.07 Å². The Balaban J connectivity index is 0. The first-order valence-corrected chi connectivity index (χ1v) is 5.88. The number of anilines is 1. The van der Waals surface area contributed by atoms with Gasteiger partial charge in [0.2, 0.25) is 0 Å². The summed E-state index contributed by atoms with van der Waals surface area (Å²) in [5.74, 6) is -1.32. The second-order valence-corrected chi connectivity index (χ2v) is 5.13. The molecule has 0 aliphatic rings. The van der Waals surface area contributed by atoms with Gasteiger partial charge in [0.1, 0.15) is 11.6 Å². The normalized spacial score (nSPS) is 10.8. The average Bonchev–Trinajstić information content (AvgIpc) is 2.21. The van der Waals surface area contributed by atoms with Gasteiger partial charge in [-0.3, -0.25) is 0 Å². The molecular weight excluding hydrogens is 287 g/mol. The first-order valence-electron chi connectivity index (χ1n) is 5.88. The lowest BCUT2D eigenvalue weighted by atomic mass is 9.90. The molecule has 0 atom stereocenters. The van der Waals surface area contributed by atoms with Crippen LogP contribution in [-0.2, 0) is 0 Å². The molecule has 0 heterocycles. The lowest BCUT2D eigenvalue weighted by Crippen LogP contribution is -2.44. The molecule has 0 spiro atoms. The molecule has 0 saturated heterocycles. The lowest BCUT2D eigenvalue weighted by Gasteiger charge is -2.31. The Kier molecular flexibility index (Phi) is 9.34. The quantitative estimate of drug-likeness (QED) is 0.321. The maximum absolute atomic E-state index is 12.2. The van der Waals surface area contributed by atoms with Gasteiger partial charge in [0, 0.05) is 6.07 Å². The number of hydrogen-bond acceptors (Lipinski definition) is 6. The standard InChI is InChI=1S/C6H5F2N.C6H14O2.BH3O3/c7-4-1-2-6(9)5(8)3-4;1-5(2,7)6(3,4)8;2-1(3)4/h1-3H,9H2;7-8H,1-4H3;2-4H. The molecule has 1 rings (SSSR count). The maximum atomic E-state index is 12.2. The summed E-state index contributed by atoms with van der Waals surface area (Å²) in [4.78, 5) is 0. The molecule has 7 N–H and O–H groups in total. The van der Waals surface area contributed by atoms with Crippen molar-refractivity contribution in [3.63, 3.8) is 0 Å². The molecule has 6 nitrogen and oxygen atoms in total. The first-order chi connectivity index (χ1) is 9.18. The Morgan fingerprint density at radius 1 is 0.952 bits per heavy atom. The van der Waals surface area contributed by atoms with Gasteiger partial charge in [-0.15, -0.1) is 0 Å². The van der Waals surface area contributed by atoms with Crippen LogP contribution >= 0.6 is 0 Å². The molecule has 1 aromatic carbocycles. The van der Waals surface area contributed by atoms with Gasteiger partial charge in [0.15, 0.2) is 0 Å². The number of hydrogen-bond donors (Lipinski definition) is 6. The van der Waals surface area contributed by atoms with Crippen molar-refractivity contribution in [2.45, 2.75) is 38.9 Å². The van der Waals surface area contributed by atoms with Crippen LogP contribution in [0.15, 0.2) is 18.2 Å². The van der Waals surface area contributed by atoms with Crippen LogP contribution in [0, 0.1) is 11.6 Å². The van der Waals surface area contributed by atoms with Crippen molar-refractivity contribution in [1.82, 2.24) is 0 Å². The highest BCUT2D eigenvalue weighted by Gasteiger charge is 2.31. The van der Waals surface area contributed by atoms with E-state index in [0.29, 0.717) is 0 Å². The number of nitrogen functional groups attached to an aromatic ring is 1. The van der Waals surface area contributed by atoms with Crippen LogP contribution in [0.5, 0.6) is 0 Å². The van der Waals surface area contributed by atoms with E-state index in [0.717, 1.165) is 12.1 Å². The summed E-state index contributed by atoms with van der Waals surface area (Å²) >= 11 is 0. The molecule has 0 aliphatic carbocycles. The van der Waals surface area contributed by atoms with Gasteiger partial charge in [-0.05, 0) is 39.8 Å². The van der Waals surface area contributed by atoms with E-state index in [1.807, 2.05) is 0 Å². The minimum Gasteiger partial charge on any atom is -0.402 e. The summed E-state index contributed by atoms with van der Waals surface area (Å²) in [6.07, 6.45) is 0. The molecule has 21 heavy (non-hydrogen) atoms. The van der Waals surface area contributed by atoms with E-state index >= 15 is 0 Å². The van der Waals surface area contributed by atoms with Crippen LogP contribution < -0.4 is 5.73 Å². The molecule has 1 aromatic rings. The molecule has 0 saturated carbocycles. The van der Waals surface area contributed by atoms with E-state index in [2.05, 4.69) is 0 Å². The Bertz CT molecular complexity index is 404. The van der Waals surface area contributed by atoms with Crippen molar-refractivity contribution in [3.05, 3.63) is 29.8 Å². The predicted octanol–water partition coefficient (Wildman–Crippen LogP) is 0.0234. The number of halogens is 2. The molecule has 0 bridgehead atoms. The van der Waals surface area contributed by atoms with E-state index in [1.54, 1.807) is 27.7 Å². The third-order valence-corrected chi connectivity index (χ3v) is 2.46. The maximum Gasteiger partial charge on any atom is 0.631 e. The van der Waals surface area contributed by atoms with Crippen LogP contribution in [0.3, 0.4) is 0 Å². The summed E-state index contributed by atoms with van der Waals surface area (Å²) in [6.45, 7) is 6.31. The van der Waals surface area contributed by atoms with E-state index < -0.39 is 30.2 Å². The minimum absolute atomic E-state index is 0.0311. The molecule has 0 amide bonds. The van der Waals surface area contributed by atoms with Crippen molar-refractivity contribution >= 4 is 13.0 Å². The van der Waals surface area contributed by atoms with Gasteiger partial charge < -0.3 is 31.0 Å². The molecule has 9 heteroatoms. The second kappa shape index (κ2) is 8.91. The zero-order chi connectivity index (χ0) is 17.4. The van der Waals surface area contributed by atoms with Crippen molar-refractivity contribution in [2.24, 2.45) is 0 Å². The summed E-state index contributed by atoms with van der Waals surface area (Å²) in [6, 6.07) is 3.04. The largest absolute Gasteiger partial charge is 0.631 e. The van der Waals surface area contributed by atoms with Gasteiger partial charge in [-0.25, -0.2) is 8.78 Å². The SMILES string of the molecule is CC(C)(O)C(C)(C)O.Nc1ccc(F)cc1F.OB(O)O. The third kappa shape index (κ3) is 12.2. The molecule has 0 radical (unpaired) electrons. The van der Waals surface area contributed by atoms with Gasteiger partial charge in [-0.1, -0.05) is 0 Å². The highest BCUT2D eigenvalue weighted by Crippen LogP contribution is 2.19. The fraction of sp³-hybridized carbons (Fsp3) is 0.500. The number of nitrogens with two attached hydrogens (primary N) is 1. The third-order valence-electron chi connectivity index (χ3n) is 2.46. The second-order valence-electron chi connectivity index (χ2n) is 5.13. The van der Waals surface area contributed by atoms with Gasteiger partial charge in [0.25, 0.3) is 0 Å². The van der Waals surface area contributed by atoms with Crippen molar-refractivity contribution in [2.75, 3.05) is 5.73 Å². The number of aliphatic hydroxyl groups is 2. The molecule has 0 aliphatic heterocycles. The lowest BCUT2D eigenvalue weighted by molar-refractivity contribution is -0.107. The summed E-state index contributed by atoms with van der Waals surface area (Å²) in [7, 11) is -2.17. The van der Waals surface area contributed by atoms with Crippen molar-refractivity contribution < 1.29 is 34.1 Å². The van der Waals surface area contributed by atoms with Crippen LogP contribution in [0.1, 0.15) is 27.7 Å². The van der Waals surface area contributed by atoms with Gasteiger partial charge in [0.05, 0.1) is 16.9 Å². The van der Waals surface area contributed by atoms with Crippen LogP contribution in [0.2, 0.25) is 0 Å². The number of benzene rings is 1. The first kappa shape index (κ1) is 22.0. The van der Waals surface area contributed by atoms with Crippen LogP contribution in [0.25, 0.3) is 0 Å². The zero-order valence-corrected chi connectivity index (χ0v) is 12.4. The van der Waals surface area contributed by atoms with Crippen LogP contribution in [0.4, 0.5) is 14.5 Å². The molecule has 0 fully saturated rings. The zero-order valence-electron chi connectivity index (χ0n) is 12.4. The topological polar surface area (TPSA) is 127 Å². The van der Waals surface area contributed by atoms with Crippen molar-refractivity contribution in [3.8, 4) is 0 Å². The van der Waals surface area contributed by atoms with Gasteiger partial charge in [-0.2, -0.15) is 0 Å². The highest BCUT2D eigenvalue weighted by atomic mass is 19.1. The fourth-order valence-electron chi connectivity index (χ4n) is 0.502.